The summed E-state index contributed by atoms with van der Waals surface area (Å²) in [5.41, 5.74) is 0. The fourth-order valence-electron chi connectivity index (χ4n) is 1.75. The number of aromatic nitrogens is 2. The highest BCUT2D eigenvalue weighted by molar-refractivity contribution is 5.72. The Morgan fingerprint density at radius 2 is 2.50 bits per heavy atom. The van der Waals surface area contributed by atoms with E-state index in [0.717, 1.165) is 0 Å². The Morgan fingerprint density at radius 3 is 3.22 bits per heavy atom. The number of hydrogen-bond donors (Lipinski definition) is 2. The molecule has 1 fully saturated rings. The molecule has 1 aromatic heterocycles. The quantitative estimate of drug-likeness (QED) is 0.783. The van der Waals surface area contributed by atoms with Crippen LogP contribution in [0.2, 0.25) is 0 Å². The number of anilines is 1. The Kier molecular flexibility index (Phi) is 3.93. The first kappa shape index (κ1) is 12.6. The maximum Gasteiger partial charge on any atom is 0.311 e. The third-order valence-corrected chi connectivity index (χ3v) is 2.63. The predicted molar refractivity (Wildman–Crippen MR) is 62.6 cm³/mol. The molecule has 2 heterocycles. The van der Waals surface area contributed by atoms with Crippen molar-refractivity contribution in [2.45, 2.75) is 13.0 Å². The lowest BCUT2D eigenvalue weighted by atomic mass is 10.0. The van der Waals surface area contributed by atoms with Gasteiger partial charge in [-0.15, -0.1) is 0 Å². The zero-order chi connectivity index (χ0) is 13.0. The number of carboxylic acids is 1. The van der Waals surface area contributed by atoms with Crippen LogP contribution in [0, 0.1) is 5.92 Å². The number of hydrogen-bond acceptors (Lipinski definition) is 6. The second-order valence-electron chi connectivity index (χ2n) is 3.88. The first-order valence-corrected chi connectivity index (χ1v) is 5.73. The lowest BCUT2D eigenvalue weighted by Crippen LogP contribution is -2.33. The molecule has 0 aliphatic carbocycles. The minimum Gasteiger partial charge on any atom is -0.481 e. The molecule has 0 bridgehead atoms. The molecule has 0 radical (unpaired) electrons. The van der Waals surface area contributed by atoms with Crippen LogP contribution < -0.4 is 10.1 Å². The lowest BCUT2D eigenvalue weighted by molar-refractivity contribution is -0.141. The summed E-state index contributed by atoms with van der Waals surface area (Å²) in [5.74, 6) is -0.654. The molecular formula is C11H15N3O4. The molecule has 2 atom stereocenters. The average molecular weight is 253 g/mol. The van der Waals surface area contributed by atoms with Crippen LogP contribution in [0.15, 0.2) is 12.3 Å². The van der Waals surface area contributed by atoms with Gasteiger partial charge in [-0.1, -0.05) is 0 Å². The maximum absolute atomic E-state index is 11.0. The van der Waals surface area contributed by atoms with Crippen molar-refractivity contribution >= 4 is 11.9 Å². The van der Waals surface area contributed by atoms with E-state index in [1.807, 2.05) is 6.92 Å². The molecular weight excluding hydrogens is 238 g/mol. The molecule has 2 N–H and O–H groups in total. The second kappa shape index (κ2) is 5.63. The SMILES string of the molecule is CCOc1ccnc(NC2COCC2C(=O)O)n1. The molecule has 0 amide bonds. The van der Waals surface area contributed by atoms with Gasteiger partial charge in [-0.2, -0.15) is 4.98 Å². The number of nitrogens with zero attached hydrogens (tertiary/aromatic N) is 2. The fourth-order valence-corrected chi connectivity index (χ4v) is 1.75. The molecule has 0 spiro atoms. The topological polar surface area (TPSA) is 93.6 Å². The zero-order valence-electron chi connectivity index (χ0n) is 10.00. The molecule has 2 unspecified atom stereocenters. The van der Waals surface area contributed by atoms with Crippen molar-refractivity contribution in [3.63, 3.8) is 0 Å². The minimum absolute atomic E-state index is 0.206. The standard InChI is InChI=1S/C11H15N3O4/c1-2-18-9-3-4-12-11(14-9)13-8-6-17-5-7(8)10(15)16/h3-4,7-8H,2,5-6H2,1H3,(H,15,16)(H,12,13,14). The molecule has 1 saturated heterocycles. The largest absolute Gasteiger partial charge is 0.481 e. The van der Waals surface area contributed by atoms with Gasteiger partial charge in [-0.25, -0.2) is 4.98 Å². The molecule has 1 aliphatic heterocycles. The van der Waals surface area contributed by atoms with Crippen LogP contribution in [-0.4, -0.2) is 46.9 Å². The molecule has 7 heteroatoms. The van der Waals surface area contributed by atoms with Gasteiger partial charge in [-0.05, 0) is 6.92 Å². The van der Waals surface area contributed by atoms with Gasteiger partial charge in [0.25, 0.3) is 0 Å². The van der Waals surface area contributed by atoms with E-state index in [2.05, 4.69) is 15.3 Å². The summed E-state index contributed by atoms with van der Waals surface area (Å²) in [5, 5.41) is 12.0. The van der Waals surface area contributed by atoms with Gasteiger partial charge >= 0.3 is 5.97 Å². The Labute approximate surface area is 104 Å². The van der Waals surface area contributed by atoms with Crippen LogP contribution in [-0.2, 0) is 9.53 Å². The van der Waals surface area contributed by atoms with Gasteiger partial charge in [0.2, 0.25) is 11.8 Å². The highest BCUT2D eigenvalue weighted by atomic mass is 16.5. The van der Waals surface area contributed by atoms with Crippen LogP contribution in [0.5, 0.6) is 5.88 Å². The predicted octanol–water partition coefficient (Wildman–Crippen LogP) is 0.387. The van der Waals surface area contributed by atoms with E-state index < -0.39 is 11.9 Å². The van der Waals surface area contributed by atoms with Crippen molar-refractivity contribution in [3.8, 4) is 5.88 Å². The van der Waals surface area contributed by atoms with Crippen LogP contribution in [0.4, 0.5) is 5.95 Å². The number of nitrogens with one attached hydrogen (secondary N) is 1. The summed E-state index contributed by atoms with van der Waals surface area (Å²) in [6, 6.07) is 1.33. The molecule has 1 aromatic rings. The summed E-state index contributed by atoms with van der Waals surface area (Å²) >= 11 is 0. The van der Waals surface area contributed by atoms with E-state index in [0.29, 0.717) is 25.0 Å². The summed E-state index contributed by atoms with van der Waals surface area (Å²) in [6.07, 6.45) is 1.56. The van der Waals surface area contributed by atoms with Gasteiger partial charge in [0.1, 0.15) is 5.92 Å². The number of rotatable bonds is 5. The third kappa shape index (κ3) is 2.86. The summed E-state index contributed by atoms with van der Waals surface area (Å²) < 4.78 is 10.4. The Balaban J connectivity index is 2.04. The Bertz CT molecular complexity index is 427. The Morgan fingerprint density at radius 1 is 1.67 bits per heavy atom. The van der Waals surface area contributed by atoms with Gasteiger partial charge < -0.3 is 19.9 Å². The van der Waals surface area contributed by atoms with Crippen molar-refractivity contribution in [1.82, 2.24) is 9.97 Å². The van der Waals surface area contributed by atoms with E-state index >= 15 is 0 Å². The average Bonchev–Trinajstić information content (AvgIpc) is 2.78. The van der Waals surface area contributed by atoms with E-state index in [4.69, 9.17) is 14.6 Å². The number of ether oxygens (including phenoxy) is 2. The fraction of sp³-hybridized carbons (Fsp3) is 0.545. The molecule has 98 valence electrons. The summed E-state index contributed by atoms with van der Waals surface area (Å²) in [7, 11) is 0. The van der Waals surface area contributed by atoms with E-state index in [9.17, 15) is 4.79 Å². The van der Waals surface area contributed by atoms with Crippen molar-refractivity contribution in [2.24, 2.45) is 5.92 Å². The van der Waals surface area contributed by atoms with Crippen LogP contribution >= 0.6 is 0 Å². The smallest absolute Gasteiger partial charge is 0.311 e. The van der Waals surface area contributed by atoms with E-state index in [1.54, 1.807) is 12.3 Å². The van der Waals surface area contributed by atoms with Crippen molar-refractivity contribution < 1.29 is 19.4 Å². The summed E-state index contributed by atoms with van der Waals surface area (Å²) in [6.45, 7) is 2.92. The monoisotopic (exact) mass is 253 g/mol. The van der Waals surface area contributed by atoms with Crippen LogP contribution in [0.3, 0.4) is 0 Å². The molecule has 2 rings (SSSR count). The molecule has 0 aromatic carbocycles. The van der Waals surface area contributed by atoms with Crippen molar-refractivity contribution in [1.29, 1.82) is 0 Å². The van der Waals surface area contributed by atoms with Crippen molar-refractivity contribution in [3.05, 3.63) is 12.3 Å². The first-order chi connectivity index (χ1) is 8.70. The molecule has 0 saturated carbocycles. The van der Waals surface area contributed by atoms with Crippen molar-refractivity contribution in [2.75, 3.05) is 25.1 Å². The van der Waals surface area contributed by atoms with Gasteiger partial charge in [-0.3, -0.25) is 4.79 Å². The van der Waals surface area contributed by atoms with Crippen LogP contribution in [0.1, 0.15) is 6.92 Å². The molecule has 18 heavy (non-hydrogen) atoms. The highest BCUT2D eigenvalue weighted by Gasteiger charge is 2.34. The van der Waals surface area contributed by atoms with E-state index in [-0.39, 0.29) is 12.6 Å². The first-order valence-electron chi connectivity index (χ1n) is 5.73. The second-order valence-corrected chi connectivity index (χ2v) is 3.88. The Hall–Kier alpha value is -1.89. The molecule has 7 nitrogen and oxygen atoms in total. The summed E-state index contributed by atoms with van der Waals surface area (Å²) in [4.78, 5) is 19.1. The van der Waals surface area contributed by atoms with Gasteiger partial charge in [0.15, 0.2) is 0 Å². The minimum atomic E-state index is -0.883. The zero-order valence-corrected chi connectivity index (χ0v) is 10.00. The highest BCUT2D eigenvalue weighted by Crippen LogP contribution is 2.18. The van der Waals surface area contributed by atoms with E-state index in [1.165, 1.54) is 0 Å². The maximum atomic E-state index is 11.0. The normalized spacial score (nSPS) is 22.7. The van der Waals surface area contributed by atoms with Gasteiger partial charge in [0, 0.05) is 12.3 Å². The van der Waals surface area contributed by atoms with Gasteiger partial charge in [0.05, 0.1) is 25.9 Å². The number of aliphatic carboxylic acids is 1. The van der Waals surface area contributed by atoms with Crippen LogP contribution in [0.25, 0.3) is 0 Å². The number of carbonyl (C=O) groups is 1. The third-order valence-electron chi connectivity index (χ3n) is 2.63. The molecule has 1 aliphatic rings. The lowest BCUT2D eigenvalue weighted by Gasteiger charge is -2.15. The number of carboxylic acid groups (broad SMARTS) is 1.